The molecule has 7 nitrogen and oxygen atoms in total. The maximum atomic E-state index is 10.8. The summed E-state index contributed by atoms with van der Waals surface area (Å²) >= 11 is 0. The number of aromatic nitrogens is 2. The van der Waals surface area contributed by atoms with E-state index in [2.05, 4.69) is 9.97 Å². The van der Waals surface area contributed by atoms with Crippen molar-refractivity contribution >= 4 is 5.97 Å². The molecule has 0 radical (unpaired) electrons. The zero-order chi connectivity index (χ0) is 12.2. The van der Waals surface area contributed by atoms with Gasteiger partial charge in [-0.25, -0.2) is 4.98 Å². The van der Waals surface area contributed by atoms with Gasteiger partial charge in [0.25, 0.3) is 0 Å². The summed E-state index contributed by atoms with van der Waals surface area (Å²) in [5, 5.41) is 27.3. The minimum Gasteiger partial charge on any atom is -0.480 e. The molecule has 16 heavy (non-hydrogen) atoms. The Labute approximate surface area is 91.9 Å². The number of carboxylic acids is 1. The van der Waals surface area contributed by atoms with Crippen LogP contribution in [0.3, 0.4) is 0 Å². The second kappa shape index (κ2) is 5.06. The van der Waals surface area contributed by atoms with Crippen LogP contribution in [-0.4, -0.2) is 49.5 Å². The van der Waals surface area contributed by atoms with Crippen molar-refractivity contribution in [1.82, 2.24) is 9.97 Å². The highest BCUT2D eigenvalue weighted by Crippen LogP contribution is 2.13. The standard InChI is InChI=1S/C9H15N3O4/c10-9(4-13,8(15)16)7(14)2-1-6-3-11-5-12-6/h3,5,7,13-14H,1-2,4,10H2,(H,11,12)(H,15,16). The van der Waals surface area contributed by atoms with Gasteiger partial charge >= 0.3 is 5.97 Å². The molecule has 0 saturated carbocycles. The topological polar surface area (TPSA) is 132 Å². The van der Waals surface area contributed by atoms with Crippen molar-refractivity contribution in [2.75, 3.05) is 6.61 Å². The van der Waals surface area contributed by atoms with Crippen molar-refractivity contribution in [3.05, 3.63) is 18.2 Å². The largest absolute Gasteiger partial charge is 0.480 e. The fourth-order valence-corrected chi connectivity index (χ4v) is 1.29. The fraction of sp³-hybridized carbons (Fsp3) is 0.556. The average Bonchev–Trinajstić information content (AvgIpc) is 2.77. The van der Waals surface area contributed by atoms with E-state index in [4.69, 9.17) is 15.9 Å². The van der Waals surface area contributed by atoms with Gasteiger partial charge in [0.05, 0.1) is 19.0 Å². The van der Waals surface area contributed by atoms with Crippen LogP contribution < -0.4 is 5.73 Å². The molecule has 0 fully saturated rings. The van der Waals surface area contributed by atoms with Crippen molar-refractivity contribution < 1.29 is 20.1 Å². The number of nitrogens with zero attached hydrogens (tertiary/aromatic N) is 1. The molecule has 0 aliphatic carbocycles. The van der Waals surface area contributed by atoms with E-state index in [1.165, 1.54) is 6.33 Å². The number of nitrogens with one attached hydrogen (secondary N) is 1. The molecule has 7 heteroatoms. The number of rotatable bonds is 6. The summed E-state index contributed by atoms with van der Waals surface area (Å²) in [5.74, 6) is -1.42. The quantitative estimate of drug-likeness (QED) is 0.402. The van der Waals surface area contributed by atoms with Crippen LogP contribution in [0.25, 0.3) is 0 Å². The SMILES string of the molecule is NC(CO)(C(=O)O)C(O)CCc1cnc[nH]1. The molecule has 1 rings (SSSR count). The summed E-state index contributed by atoms with van der Waals surface area (Å²) in [6, 6.07) is 0. The first kappa shape index (κ1) is 12.6. The van der Waals surface area contributed by atoms with Gasteiger partial charge in [-0.3, -0.25) is 4.79 Å². The van der Waals surface area contributed by atoms with Crippen LogP contribution in [0, 0.1) is 0 Å². The predicted octanol–water partition coefficient (Wildman–Crippen LogP) is -1.52. The Hall–Kier alpha value is -1.44. The van der Waals surface area contributed by atoms with E-state index in [9.17, 15) is 9.90 Å². The minimum atomic E-state index is -2.01. The maximum Gasteiger partial charge on any atom is 0.328 e. The maximum absolute atomic E-state index is 10.8. The molecule has 0 aliphatic heterocycles. The third kappa shape index (κ3) is 2.57. The lowest BCUT2D eigenvalue weighted by molar-refractivity contribution is -0.150. The summed E-state index contributed by atoms with van der Waals surface area (Å²) in [6.07, 6.45) is 2.28. The number of hydrogen-bond donors (Lipinski definition) is 5. The lowest BCUT2D eigenvalue weighted by atomic mass is 9.91. The van der Waals surface area contributed by atoms with E-state index in [0.29, 0.717) is 6.42 Å². The summed E-state index contributed by atoms with van der Waals surface area (Å²) in [4.78, 5) is 17.4. The number of aliphatic hydroxyl groups excluding tert-OH is 2. The number of hydrogen-bond acceptors (Lipinski definition) is 5. The van der Waals surface area contributed by atoms with E-state index in [-0.39, 0.29) is 6.42 Å². The second-order valence-corrected chi connectivity index (χ2v) is 3.63. The number of carboxylic acid groups (broad SMARTS) is 1. The first-order valence-corrected chi connectivity index (χ1v) is 4.79. The number of aliphatic carboxylic acids is 1. The number of nitrogens with two attached hydrogens (primary N) is 1. The van der Waals surface area contributed by atoms with Gasteiger partial charge in [0, 0.05) is 11.9 Å². The van der Waals surface area contributed by atoms with E-state index >= 15 is 0 Å². The number of carbonyl (C=O) groups is 1. The van der Waals surface area contributed by atoms with Crippen LogP contribution in [0.2, 0.25) is 0 Å². The highest BCUT2D eigenvalue weighted by atomic mass is 16.4. The summed E-state index contributed by atoms with van der Waals surface area (Å²) in [5.41, 5.74) is 4.15. The number of aryl methyl sites for hydroxylation is 1. The summed E-state index contributed by atoms with van der Waals surface area (Å²) in [6.45, 7) is -0.813. The molecule has 0 bridgehead atoms. The van der Waals surface area contributed by atoms with Crippen molar-refractivity contribution in [2.45, 2.75) is 24.5 Å². The Kier molecular flexibility index (Phi) is 3.99. The molecule has 0 aromatic carbocycles. The summed E-state index contributed by atoms with van der Waals surface area (Å²) < 4.78 is 0. The van der Waals surface area contributed by atoms with E-state index in [1.807, 2.05) is 0 Å². The first-order chi connectivity index (χ1) is 7.50. The number of H-pyrrole nitrogens is 1. The third-order valence-corrected chi connectivity index (χ3v) is 2.50. The van der Waals surface area contributed by atoms with Crippen LogP contribution in [0.4, 0.5) is 0 Å². The van der Waals surface area contributed by atoms with Crippen LogP contribution in [-0.2, 0) is 11.2 Å². The average molecular weight is 229 g/mol. The molecule has 0 amide bonds. The van der Waals surface area contributed by atoms with Crippen molar-refractivity contribution in [3.8, 4) is 0 Å². The number of imidazole rings is 1. The van der Waals surface area contributed by atoms with Crippen LogP contribution in [0.15, 0.2) is 12.5 Å². The molecule has 90 valence electrons. The molecule has 2 atom stereocenters. The minimum absolute atomic E-state index is 0.131. The monoisotopic (exact) mass is 229 g/mol. The molecular weight excluding hydrogens is 214 g/mol. The predicted molar refractivity (Wildman–Crippen MR) is 54.6 cm³/mol. The van der Waals surface area contributed by atoms with Gasteiger partial charge in [-0.2, -0.15) is 0 Å². The van der Waals surface area contributed by atoms with Gasteiger partial charge in [0.1, 0.15) is 0 Å². The second-order valence-electron chi connectivity index (χ2n) is 3.63. The normalized spacial score (nSPS) is 16.7. The highest BCUT2D eigenvalue weighted by molar-refractivity contribution is 5.79. The lowest BCUT2D eigenvalue weighted by Crippen LogP contribution is -2.60. The number of aromatic amines is 1. The molecule has 2 unspecified atom stereocenters. The molecule has 0 spiro atoms. The Morgan fingerprint density at radius 2 is 2.38 bits per heavy atom. The van der Waals surface area contributed by atoms with Crippen LogP contribution in [0.5, 0.6) is 0 Å². The Morgan fingerprint density at radius 1 is 1.69 bits per heavy atom. The number of aliphatic hydroxyl groups is 2. The zero-order valence-electron chi connectivity index (χ0n) is 8.63. The van der Waals surface area contributed by atoms with Gasteiger partial charge in [0.15, 0.2) is 5.54 Å². The molecule has 0 saturated heterocycles. The zero-order valence-corrected chi connectivity index (χ0v) is 8.63. The van der Waals surface area contributed by atoms with Crippen molar-refractivity contribution in [1.29, 1.82) is 0 Å². The van der Waals surface area contributed by atoms with Crippen molar-refractivity contribution in [2.24, 2.45) is 5.73 Å². The summed E-state index contributed by atoms with van der Waals surface area (Å²) in [7, 11) is 0. The third-order valence-electron chi connectivity index (χ3n) is 2.50. The molecule has 1 heterocycles. The molecule has 1 aromatic rings. The molecule has 0 aliphatic rings. The smallest absolute Gasteiger partial charge is 0.328 e. The van der Waals surface area contributed by atoms with E-state index < -0.39 is 24.2 Å². The Bertz CT molecular complexity index is 341. The molecule has 1 aromatic heterocycles. The van der Waals surface area contributed by atoms with Gasteiger partial charge < -0.3 is 26.0 Å². The molecular formula is C9H15N3O4. The van der Waals surface area contributed by atoms with Gasteiger partial charge in [-0.1, -0.05) is 0 Å². The lowest BCUT2D eigenvalue weighted by Gasteiger charge is -2.27. The van der Waals surface area contributed by atoms with E-state index in [1.54, 1.807) is 6.20 Å². The van der Waals surface area contributed by atoms with Crippen LogP contribution in [0.1, 0.15) is 12.1 Å². The van der Waals surface area contributed by atoms with Gasteiger partial charge in [-0.05, 0) is 12.8 Å². The van der Waals surface area contributed by atoms with Gasteiger partial charge in [0.2, 0.25) is 0 Å². The Balaban J connectivity index is 2.56. The van der Waals surface area contributed by atoms with Crippen LogP contribution >= 0.6 is 0 Å². The van der Waals surface area contributed by atoms with Crippen molar-refractivity contribution in [3.63, 3.8) is 0 Å². The molecule has 6 N–H and O–H groups in total. The first-order valence-electron chi connectivity index (χ1n) is 4.79. The highest BCUT2D eigenvalue weighted by Gasteiger charge is 2.40. The fourth-order valence-electron chi connectivity index (χ4n) is 1.29. The van der Waals surface area contributed by atoms with E-state index in [0.717, 1.165) is 5.69 Å². The Morgan fingerprint density at radius 3 is 2.81 bits per heavy atom. The van der Waals surface area contributed by atoms with Gasteiger partial charge in [-0.15, -0.1) is 0 Å².